The summed E-state index contributed by atoms with van der Waals surface area (Å²) in [5, 5.41) is 0. The SMILES string of the molecule is CC1CCCC(CN)(CN2CCN(CC3CC3)CC2)C1. The summed E-state index contributed by atoms with van der Waals surface area (Å²) in [6.07, 6.45) is 8.47. The normalized spacial score (nSPS) is 37.2. The smallest absolute Gasteiger partial charge is 0.0110 e. The summed E-state index contributed by atoms with van der Waals surface area (Å²) in [6, 6.07) is 0. The summed E-state index contributed by atoms with van der Waals surface area (Å²) in [4.78, 5) is 5.39. The Morgan fingerprint density at radius 1 is 1.05 bits per heavy atom. The summed E-state index contributed by atoms with van der Waals surface area (Å²) in [7, 11) is 0. The van der Waals surface area contributed by atoms with Crippen LogP contribution in [-0.2, 0) is 0 Å². The second-order valence-electron chi connectivity index (χ2n) is 7.93. The van der Waals surface area contributed by atoms with Gasteiger partial charge in [-0.25, -0.2) is 0 Å². The summed E-state index contributed by atoms with van der Waals surface area (Å²) in [6.45, 7) is 11.0. The summed E-state index contributed by atoms with van der Waals surface area (Å²) < 4.78 is 0. The highest BCUT2D eigenvalue weighted by Gasteiger charge is 2.36. The summed E-state index contributed by atoms with van der Waals surface area (Å²) in [5.41, 5.74) is 6.61. The van der Waals surface area contributed by atoms with Crippen molar-refractivity contribution in [1.82, 2.24) is 9.80 Å². The minimum absolute atomic E-state index is 0.427. The molecule has 0 aromatic heterocycles. The van der Waals surface area contributed by atoms with Crippen LogP contribution < -0.4 is 5.73 Å². The molecule has 3 rings (SSSR count). The molecule has 20 heavy (non-hydrogen) atoms. The van der Waals surface area contributed by atoms with Crippen LogP contribution in [0.4, 0.5) is 0 Å². The van der Waals surface area contributed by atoms with Crippen molar-refractivity contribution in [2.24, 2.45) is 23.0 Å². The average molecular weight is 279 g/mol. The van der Waals surface area contributed by atoms with Gasteiger partial charge in [-0.3, -0.25) is 0 Å². The Morgan fingerprint density at radius 3 is 2.35 bits per heavy atom. The Balaban J connectivity index is 1.47. The highest BCUT2D eigenvalue weighted by atomic mass is 15.3. The Morgan fingerprint density at radius 2 is 1.75 bits per heavy atom. The Kier molecular flexibility index (Phi) is 4.68. The molecule has 3 aliphatic rings. The minimum Gasteiger partial charge on any atom is -0.330 e. The lowest BCUT2D eigenvalue weighted by Gasteiger charge is -2.45. The Bertz CT molecular complexity index is 307. The predicted molar refractivity (Wildman–Crippen MR) is 84.7 cm³/mol. The van der Waals surface area contributed by atoms with E-state index in [0.29, 0.717) is 5.41 Å². The van der Waals surface area contributed by atoms with E-state index in [1.807, 2.05) is 0 Å². The van der Waals surface area contributed by atoms with Crippen LogP contribution in [-0.4, -0.2) is 55.6 Å². The molecule has 3 nitrogen and oxygen atoms in total. The van der Waals surface area contributed by atoms with E-state index in [4.69, 9.17) is 5.73 Å². The van der Waals surface area contributed by atoms with Gasteiger partial charge >= 0.3 is 0 Å². The second-order valence-corrected chi connectivity index (χ2v) is 7.93. The number of nitrogens with two attached hydrogens (primary N) is 1. The Hall–Kier alpha value is -0.120. The molecule has 2 atom stereocenters. The van der Waals surface area contributed by atoms with Crippen LogP contribution in [0.1, 0.15) is 45.4 Å². The Labute approximate surface area is 124 Å². The van der Waals surface area contributed by atoms with Crippen molar-refractivity contribution < 1.29 is 0 Å². The molecular weight excluding hydrogens is 246 g/mol. The molecule has 1 aliphatic heterocycles. The highest BCUT2D eigenvalue weighted by molar-refractivity contribution is 4.90. The van der Waals surface area contributed by atoms with Crippen molar-refractivity contribution >= 4 is 0 Å². The van der Waals surface area contributed by atoms with Gasteiger partial charge in [0.2, 0.25) is 0 Å². The van der Waals surface area contributed by atoms with Gasteiger partial charge in [0, 0.05) is 39.3 Å². The molecule has 3 fully saturated rings. The molecule has 0 spiro atoms. The van der Waals surface area contributed by atoms with Gasteiger partial charge in [0.15, 0.2) is 0 Å². The first-order valence-electron chi connectivity index (χ1n) is 8.84. The van der Waals surface area contributed by atoms with Crippen molar-refractivity contribution in [2.45, 2.75) is 45.4 Å². The van der Waals surface area contributed by atoms with Gasteiger partial charge in [-0.15, -0.1) is 0 Å². The fraction of sp³-hybridized carbons (Fsp3) is 1.00. The standard InChI is InChI=1S/C17H33N3/c1-15-3-2-6-17(11-15,13-18)14-20-9-7-19(8-10-20)12-16-4-5-16/h15-16H,2-14,18H2,1H3. The molecule has 0 aromatic rings. The lowest BCUT2D eigenvalue weighted by atomic mass is 9.69. The van der Waals surface area contributed by atoms with Crippen LogP contribution in [0.5, 0.6) is 0 Å². The molecule has 0 aromatic carbocycles. The first-order valence-corrected chi connectivity index (χ1v) is 8.84. The maximum absolute atomic E-state index is 6.18. The summed E-state index contributed by atoms with van der Waals surface area (Å²) >= 11 is 0. The lowest BCUT2D eigenvalue weighted by Crippen LogP contribution is -2.52. The third kappa shape index (κ3) is 3.75. The largest absolute Gasteiger partial charge is 0.330 e. The zero-order valence-corrected chi connectivity index (χ0v) is 13.3. The number of nitrogens with zero attached hydrogens (tertiary/aromatic N) is 2. The second kappa shape index (κ2) is 6.33. The predicted octanol–water partition coefficient (Wildman–Crippen LogP) is 2.17. The van der Waals surface area contributed by atoms with E-state index in [2.05, 4.69) is 16.7 Å². The van der Waals surface area contributed by atoms with Crippen LogP contribution in [0, 0.1) is 17.3 Å². The van der Waals surface area contributed by atoms with Gasteiger partial charge in [-0.1, -0.05) is 19.8 Å². The zero-order chi connectivity index (χ0) is 14.0. The molecule has 2 unspecified atom stereocenters. The van der Waals surface area contributed by atoms with Crippen LogP contribution in [0.3, 0.4) is 0 Å². The van der Waals surface area contributed by atoms with E-state index in [-0.39, 0.29) is 0 Å². The van der Waals surface area contributed by atoms with Gasteiger partial charge in [0.1, 0.15) is 0 Å². The van der Waals surface area contributed by atoms with E-state index < -0.39 is 0 Å². The number of hydrogen-bond donors (Lipinski definition) is 1. The molecule has 0 amide bonds. The van der Waals surface area contributed by atoms with Crippen LogP contribution in [0.15, 0.2) is 0 Å². The van der Waals surface area contributed by atoms with Crippen LogP contribution in [0.2, 0.25) is 0 Å². The van der Waals surface area contributed by atoms with Gasteiger partial charge < -0.3 is 15.5 Å². The molecule has 0 radical (unpaired) electrons. The van der Waals surface area contributed by atoms with Crippen molar-refractivity contribution in [3.63, 3.8) is 0 Å². The zero-order valence-electron chi connectivity index (χ0n) is 13.3. The van der Waals surface area contributed by atoms with Crippen LogP contribution >= 0.6 is 0 Å². The van der Waals surface area contributed by atoms with Gasteiger partial charge in [0.25, 0.3) is 0 Å². The van der Waals surface area contributed by atoms with Gasteiger partial charge in [0.05, 0.1) is 0 Å². The third-order valence-electron chi connectivity index (χ3n) is 5.86. The molecule has 2 N–H and O–H groups in total. The molecule has 2 saturated carbocycles. The molecule has 2 aliphatic carbocycles. The molecule has 0 bridgehead atoms. The number of hydrogen-bond acceptors (Lipinski definition) is 3. The fourth-order valence-electron chi connectivity index (χ4n) is 4.43. The quantitative estimate of drug-likeness (QED) is 0.837. The molecule has 1 saturated heterocycles. The van der Waals surface area contributed by atoms with Crippen molar-refractivity contribution in [3.05, 3.63) is 0 Å². The third-order valence-corrected chi connectivity index (χ3v) is 5.86. The van der Waals surface area contributed by atoms with E-state index >= 15 is 0 Å². The maximum atomic E-state index is 6.18. The highest BCUT2D eigenvalue weighted by Crippen LogP contribution is 2.39. The van der Waals surface area contributed by atoms with E-state index in [1.54, 1.807) is 0 Å². The monoisotopic (exact) mass is 279 g/mol. The van der Waals surface area contributed by atoms with Crippen molar-refractivity contribution in [2.75, 3.05) is 45.8 Å². The molecular formula is C17H33N3. The number of piperazine rings is 1. The summed E-state index contributed by atoms with van der Waals surface area (Å²) in [5.74, 6) is 1.92. The topological polar surface area (TPSA) is 32.5 Å². The van der Waals surface area contributed by atoms with Crippen molar-refractivity contribution in [1.29, 1.82) is 0 Å². The number of rotatable bonds is 5. The minimum atomic E-state index is 0.427. The first-order chi connectivity index (χ1) is 9.69. The molecule has 3 heteroatoms. The van der Waals surface area contributed by atoms with Gasteiger partial charge in [-0.2, -0.15) is 0 Å². The fourth-order valence-corrected chi connectivity index (χ4v) is 4.43. The lowest BCUT2D eigenvalue weighted by molar-refractivity contribution is 0.0533. The van der Waals surface area contributed by atoms with E-state index in [0.717, 1.165) is 18.4 Å². The van der Waals surface area contributed by atoms with E-state index in [9.17, 15) is 0 Å². The van der Waals surface area contributed by atoms with Crippen molar-refractivity contribution in [3.8, 4) is 0 Å². The average Bonchev–Trinajstić information content (AvgIpc) is 3.25. The molecule has 116 valence electrons. The van der Waals surface area contributed by atoms with Gasteiger partial charge in [-0.05, 0) is 49.5 Å². The van der Waals surface area contributed by atoms with E-state index in [1.165, 1.54) is 77.8 Å². The van der Waals surface area contributed by atoms with Crippen LogP contribution in [0.25, 0.3) is 0 Å². The maximum Gasteiger partial charge on any atom is 0.0110 e. The molecule has 1 heterocycles. The first kappa shape index (κ1) is 14.8.